The number of hydrogen-bond acceptors (Lipinski definition) is 6. The number of urea groups is 1. The van der Waals surface area contributed by atoms with E-state index in [1.54, 1.807) is 12.1 Å². The number of sulfonamides is 1. The van der Waals surface area contributed by atoms with E-state index in [9.17, 15) is 22.8 Å². The van der Waals surface area contributed by atoms with Gasteiger partial charge in [-0.15, -0.1) is 0 Å². The van der Waals surface area contributed by atoms with Crippen molar-refractivity contribution in [1.82, 2.24) is 14.9 Å². The lowest BCUT2D eigenvalue weighted by Crippen LogP contribution is -2.46. The molecule has 2 N–H and O–H groups in total. The van der Waals surface area contributed by atoms with Crippen LogP contribution < -0.4 is 10.6 Å². The van der Waals surface area contributed by atoms with E-state index in [0.717, 1.165) is 44.1 Å². The van der Waals surface area contributed by atoms with Gasteiger partial charge in [-0.3, -0.25) is 14.9 Å². The van der Waals surface area contributed by atoms with Gasteiger partial charge in [0.2, 0.25) is 10.0 Å². The molecule has 33 heavy (non-hydrogen) atoms. The zero-order valence-electron chi connectivity index (χ0n) is 18.8. The average Bonchev–Trinajstić information content (AvgIpc) is 3.62. The van der Waals surface area contributed by atoms with E-state index >= 15 is 0 Å². The van der Waals surface area contributed by atoms with Crippen LogP contribution in [0.2, 0.25) is 0 Å². The van der Waals surface area contributed by atoms with Crippen molar-refractivity contribution in [3.8, 4) is 0 Å². The summed E-state index contributed by atoms with van der Waals surface area (Å²) >= 11 is 0. The topological polar surface area (TPSA) is 122 Å². The zero-order chi connectivity index (χ0) is 23.6. The van der Waals surface area contributed by atoms with Crippen LogP contribution in [0.15, 0.2) is 23.1 Å². The number of hydrogen-bond donors (Lipinski definition) is 2. The molecule has 3 amide bonds. The third-order valence-electron chi connectivity index (χ3n) is 6.56. The fourth-order valence-electron chi connectivity index (χ4n) is 4.34. The molecule has 1 heterocycles. The summed E-state index contributed by atoms with van der Waals surface area (Å²) in [6.45, 7) is 1.83. The van der Waals surface area contributed by atoms with E-state index in [4.69, 9.17) is 4.74 Å². The number of nitrogens with one attached hydrogen (secondary N) is 2. The monoisotopic (exact) mass is 477 g/mol. The molecule has 1 atom stereocenters. The molecule has 0 radical (unpaired) electrons. The van der Waals surface area contributed by atoms with Crippen LogP contribution in [-0.2, 0) is 37.2 Å². The van der Waals surface area contributed by atoms with Gasteiger partial charge in [0, 0.05) is 19.1 Å². The highest BCUT2D eigenvalue weighted by Gasteiger charge is 2.34. The Hall–Kier alpha value is -2.46. The number of rotatable bonds is 6. The van der Waals surface area contributed by atoms with Gasteiger partial charge in [0.25, 0.3) is 5.91 Å². The first-order chi connectivity index (χ1) is 15.7. The number of esters is 1. The van der Waals surface area contributed by atoms with Crippen molar-refractivity contribution in [1.29, 1.82) is 0 Å². The van der Waals surface area contributed by atoms with Crippen LogP contribution in [0.25, 0.3) is 0 Å². The number of imide groups is 1. The lowest BCUT2D eigenvalue weighted by molar-refractivity contribution is -0.159. The van der Waals surface area contributed by atoms with Crippen LogP contribution in [-0.4, -0.2) is 55.9 Å². The minimum atomic E-state index is -3.63. The van der Waals surface area contributed by atoms with Crippen molar-refractivity contribution in [3.05, 3.63) is 29.3 Å². The molecule has 10 heteroatoms. The molecule has 9 nitrogen and oxygen atoms in total. The first kappa shape index (κ1) is 23.7. The summed E-state index contributed by atoms with van der Waals surface area (Å²) in [5, 5.41) is 4.80. The Balaban J connectivity index is 1.28. The molecular weight excluding hydrogens is 446 g/mol. The summed E-state index contributed by atoms with van der Waals surface area (Å²) in [5.41, 5.74) is 2.34. The van der Waals surface area contributed by atoms with Crippen LogP contribution in [0.4, 0.5) is 4.79 Å². The summed E-state index contributed by atoms with van der Waals surface area (Å²) in [4.78, 5) is 36.6. The fourth-order valence-corrected chi connectivity index (χ4v) is 5.86. The first-order valence-electron chi connectivity index (χ1n) is 11.7. The van der Waals surface area contributed by atoms with Gasteiger partial charge in [-0.2, -0.15) is 4.31 Å². The smallest absolute Gasteiger partial charge is 0.321 e. The lowest BCUT2D eigenvalue weighted by Gasteiger charge is -2.31. The molecular formula is C23H31N3O6S. The van der Waals surface area contributed by atoms with Crippen LogP contribution >= 0.6 is 0 Å². The van der Waals surface area contributed by atoms with Gasteiger partial charge < -0.3 is 10.1 Å². The van der Waals surface area contributed by atoms with Crippen LogP contribution in [0.5, 0.6) is 0 Å². The molecule has 1 aliphatic heterocycles. The lowest BCUT2D eigenvalue weighted by atomic mass is 9.92. The van der Waals surface area contributed by atoms with Crippen molar-refractivity contribution < 1.29 is 27.5 Å². The average molecular weight is 478 g/mol. The SMILES string of the molecule is CC(OC(=O)C1CCN(S(=O)(=O)c2ccc3c(c2)CCCC3)CC1)C(=O)NC(=O)NC1CC1. The van der Waals surface area contributed by atoms with E-state index in [1.165, 1.54) is 16.8 Å². The molecule has 1 saturated carbocycles. The minimum absolute atomic E-state index is 0.110. The number of ether oxygens (including phenoxy) is 1. The molecule has 1 aromatic rings. The summed E-state index contributed by atoms with van der Waals surface area (Å²) in [7, 11) is -3.63. The predicted octanol–water partition coefficient (Wildman–Crippen LogP) is 1.89. The molecule has 2 aliphatic carbocycles. The molecule has 180 valence electrons. The number of aryl methyl sites for hydroxylation is 2. The van der Waals surface area contributed by atoms with Crippen LogP contribution in [0.1, 0.15) is 56.6 Å². The number of nitrogens with zero attached hydrogens (tertiary/aromatic N) is 1. The third-order valence-corrected chi connectivity index (χ3v) is 8.45. The molecule has 3 aliphatic rings. The molecule has 4 rings (SSSR count). The largest absolute Gasteiger partial charge is 0.452 e. The maximum Gasteiger partial charge on any atom is 0.321 e. The molecule has 1 saturated heterocycles. The van der Waals surface area contributed by atoms with E-state index in [0.29, 0.717) is 17.7 Å². The highest BCUT2D eigenvalue weighted by atomic mass is 32.2. The zero-order valence-corrected chi connectivity index (χ0v) is 19.7. The summed E-state index contributed by atoms with van der Waals surface area (Å²) in [5.74, 6) is -1.73. The maximum atomic E-state index is 13.1. The highest BCUT2D eigenvalue weighted by molar-refractivity contribution is 7.89. The Morgan fingerprint density at radius 1 is 1.03 bits per heavy atom. The Labute approximate surface area is 194 Å². The van der Waals surface area contributed by atoms with Gasteiger partial charge in [0.15, 0.2) is 6.10 Å². The van der Waals surface area contributed by atoms with E-state index in [1.807, 2.05) is 6.07 Å². The predicted molar refractivity (Wildman–Crippen MR) is 120 cm³/mol. The van der Waals surface area contributed by atoms with Crippen molar-refractivity contribution in [3.63, 3.8) is 0 Å². The second-order valence-electron chi connectivity index (χ2n) is 9.13. The van der Waals surface area contributed by atoms with E-state index < -0.39 is 40.0 Å². The van der Waals surface area contributed by atoms with Crippen molar-refractivity contribution in [2.75, 3.05) is 13.1 Å². The van der Waals surface area contributed by atoms with Crippen LogP contribution in [0, 0.1) is 5.92 Å². The van der Waals surface area contributed by atoms with E-state index in [2.05, 4.69) is 10.6 Å². The van der Waals surface area contributed by atoms with Gasteiger partial charge in [-0.05, 0) is 81.5 Å². The minimum Gasteiger partial charge on any atom is -0.452 e. The standard InChI is InChI=1S/C23H31N3O6S/c1-15(21(27)25-23(29)24-19-7-8-19)32-22(28)17-10-12-26(13-11-17)33(30,31)20-9-6-16-4-2-3-5-18(16)14-20/h6,9,14-15,17,19H,2-5,7-8,10-13H2,1H3,(H2,24,25,27,29). The Morgan fingerprint density at radius 3 is 2.36 bits per heavy atom. The summed E-state index contributed by atoms with van der Waals surface area (Å²) < 4.78 is 32.9. The summed E-state index contributed by atoms with van der Waals surface area (Å²) in [6.07, 6.45) is 5.42. The number of amides is 3. The second kappa shape index (κ2) is 9.80. The van der Waals surface area contributed by atoms with Gasteiger partial charge in [-0.25, -0.2) is 13.2 Å². The number of piperidine rings is 1. The Morgan fingerprint density at radius 2 is 1.70 bits per heavy atom. The molecule has 0 spiro atoms. The van der Waals surface area contributed by atoms with Gasteiger partial charge in [0.05, 0.1) is 10.8 Å². The first-order valence-corrected chi connectivity index (χ1v) is 13.1. The molecule has 0 aromatic heterocycles. The fraction of sp³-hybridized carbons (Fsp3) is 0.609. The van der Waals surface area contributed by atoms with Crippen molar-refractivity contribution in [2.45, 2.75) is 75.3 Å². The quantitative estimate of drug-likeness (QED) is 0.604. The third kappa shape index (κ3) is 5.73. The van der Waals surface area contributed by atoms with Crippen molar-refractivity contribution >= 4 is 27.9 Å². The number of carbonyl (C=O) groups excluding carboxylic acids is 3. The number of carbonyl (C=O) groups is 3. The second-order valence-corrected chi connectivity index (χ2v) is 11.1. The van der Waals surface area contributed by atoms with Gasteiger partial charge in [-0.1, -0.05) is 6.07 Å². The van der Waals surface area contributed by atoms with E-state index in [-0.39, 0.29) is 19.1 Å². The Bertz CT molecular complexity index is 1030. The number of benzene rings is 1. The molecule has 0 bridgehead atoms. The van der Waals surface area contributed by atoms with Crippen molar-refractivity contribution in [2.24, 2.45) is 5.92 Å². The Kier molecular flexibility index (Phi) is 7.04. The summed E-state index contributed by atoms with van der Waals surface area (Å²) in [6, 6.07) is 4.91. The molecule has 1 aromatic carbocycles. The number of fused-ring (bicyclic) bond motifs is 1. The molecule has 2 fully saturated rings. The molecule has 1 unspecified atom stereocenters. The van der Waals surface area contributed by atoms with Gasteiger partial charge >= 0.3 is 12.0 Å². The highest BCUT2D eigenvalue weighted by Crippen LogP contribution is 2.28. The maximum absolute atomic E-state index is 13.1. The van der Waals surface area contributed by atoms with Gasteiger partial charge in [0.1, 0.15) is 0 Å². The normalized spacial score (nSPS) is 20.4. The van der Waals surface area contributed by atoms with Crippen LogP contribution in [0.3, 0.4) is 0 Å².